The first kappa shape index (κ1) is 23.8. The van der Waals surface area contributed by atoms with Gasteiger partial charge in [0.05, 0.1) is 12.2 Å². The molecule has 0 aliphatic heterocycles. The molecule has 0 spiro atoms. The minimum Gasteiger partial charge on any atom is -0.491 e. The van der Waals surface area contributed by atoms with Crippen molar-refractivity contribution in [3.63, 3.8) is 0 Å². The van der Waals surface area contributed by atoms with Crippen molar-refractivity contribution in [2.24, 2.45) is 0 Å². The van der Waals surface area contributed by atoms with E-state index in [1.807, 2.05) is 0 Å². The Morgan fingerprint density at radius 3 is 2.06 bits per heavy atom. The van der Waals surface area contributed by atoms with Gasteiger partial charge in [0.1, 0.15) is 0 Å². The summed E-state index contributed by atoms with van der Waals surface area (Å²) in [5.41, 5.74) is 2.75. The van der Waals surface area contributed by atoms with Crippen LogP contribution < -0.4 is 9.47 Å². The van der Waals surface area contributed by atoms with Crippen molar-refractivity contribution in [3.05, 3.63) is 114 Å². The van der Waals surface area contributed by atoms with Crippen molar-refractivity contribution in [1.82, 2.24) is 0 Å². The zero-order valence-electron chi connectivity index (χ0n) is 18.9. The van der Waals surface area contributed by atoms with Gasteiger partial charge in [-0.15, -0.1) is 0 Å². The van der Waals surface area contributed by atoms with Crippen molar-refractivity contribution in [3.8, 4) is 33.8 Å². The highest BCUT2D eigenvalue weighted by atomic mass is 19.2. The number of carbonyl (C=O) groups is 1. The monoisotopic (exact) mass is 474 g/mol. The van der Waals surface area contributed by atoms with Crippen LogP contribution in [0.1, 0.15) is 22.8 Å². The molecule has 0 unspecified atom stereocenters. The lowest BCUT2D eigenvalue weighted by Crippen LogP contribution is -2.10. The second-order valence-corrected chi connectivity index (χ2v) is 7.61. The summed E-state index contributed by atoms with van der Waals surface area (Å²) >= 11 is 0. The van der Waals surface area contributed by atoms with E-state index in [4.69, 9.17) is 9.47 Å². The van der Waals surface area contributed by atoms with Gasteiger partial charge in [-0.1, -0.05) is 55.1 Å². The molecule has 0 aliphatic rings. The SMILES string of the molecule is C=Cc1ccc(-c2ccc(OC(=O)c3ccc(-c4ccc(OCC)c(F)c4)cc3)c(F)c2F)cc1. The van der Waals surface area contributed by atoms with E-state index in [0.29, 0.717) is 23.3 Å². The Bertz CT molecular complexity index is 1380. The van der Waals surface area contributed by atoms with Gasteiger partial charge in [-0.25, -0.2) is 13.6 Å². The molecule has 0 amide bonds. The van der Waals surface area contributed by atoms with E-state index in [1.54, 1.807) is 55.5 Å². The maximum atomic E-state index is 14.7. The van der Waals surface area contributed by atoms with Crippen LogP contribution in [0.15, 0.2) is 85.4 Å². The standard InChI is InChI=1S/C29H21F3O3/c1-3-18-5-7-20(8-6-18)23-14-16-26(28(32)27(23)31)35-29(33)21-11-9-19(10-12-21)22-13-15-25(34-4-2)24(30)17-22/h3,5-17H,1,4H2,2H3. The molecule has 0 N–H and O–H groups in total. The van der Waals surface area contributed by atoms with E-state index in [2.05, 4.69) is 6.58 Å². The van der Waals surface area contributed by atoms with Gasteiger partial charge in [0.2, 0.25) is 5.82 Å². The molecule has 0 radical (unpaired) electrons. The summed E-state index contributed by atoms with van der Waals surface area (Å²) in [5.74, 6) is -4.08. The summed E-state index contributed by atoms with van der Waals surface area (Å²) in [6, 6.07) is 20.1. The normalized spacial score (nSPS) is 10.6. The number of esters is 1. The minimum atomic E-state index is -1.26. The van der Waals surface area contributed by atoms with Crippen LogP contribution in [0.4, 0.5) is 13.2 Å². The summed E-state index contributed by atoms with van der Waals surface area (Å²) in [5, 5.41) is 0. The molecule has 176 valence electrons. The molecular weight excluding hydrogens is 453 g/mol. The van der Waals surface area contributed by atoms with E-state index < -0.39 is 29.2 Å². The average Bonchev–Trinajstić information content (AvgIpc) is 2.88. The van der Waals surface area contributed by atoms with Crippen molar-refractivity contribution < 1.29 is 27.4 Å². The van der Waals surface area contributed by atoms with Crippen LogP contribution in [0.2, 0.25) is 0 Å². The predicted molar refractivity (Wildman–Crippen MR) is 130 cm³/mol. The second-order valence-electron chi connectivity index (χ2n) is 7.61. The molecule has 0 bridgehead atoms. The van der Waals surface area contributed by atoms with Crippen LogP contribution in [0.25, 0.3) is 28.3 Å². The van der Waals surface area contributed by atoms with Crippen LogP contribution in [-0.4, -0.2) is 12.6 Å². The Kier molecular flexibility index (Phi) is 7.01. The zero-order chi connectivity index (χ0) is 24.9. The van der Waals surface area contributed by atoms with Crippen LogP contribution in [0.3, 0.4) is 0 Å². The first-order chi connectivity index (χ1) is 16.9. The van der Waals surface area contributed by atoms with E-state index in [-0.39, 0.29) is 16.9 Å². The fraction of sp³-hybridized carbons (Fsp3) is 0.0690. The molecule has 0 heterocycles. The molecule has 3 nitrogen and oxygen atoms in total. The maximum Gasteiger partial charge on any atom is 0.343 e. The van der Waals surface area contributed by atoms with Crippen LogP contribution in [-0.2, 0) is 0 Å². The third kappa shape index (κ3) is 5.11. The van der Waals surface area contributed by atoms with E-state index in [1.165, 1.54) is 36.4 Å². The fourth-order valence-corrected chi connectivity index (χ4v) is 3.54. The lowest BCUT2D eigenvalue weighted by molar-refractivity contribution is 0.0727. The summed E-state index contributed by atoms with van der Waals surface area (Å²) < 4.78 is 53.8. The molecule has 35 heavy (non-hydrogen) atoms. The number of hydrogen-bond acceptors (Lipinski definition) is 3. The summed E-state index contributed by atoms with van der Waals surface area (Å²) in [7, 11) is 0. The molecule has 0 saturated carbocycles. The molecule has 0 aromatic heterocycles. The van der Waals surface area contributed by atoms with Gasteiger partial charge >= 0.3 is 5.97 Å². The first-order valence-electron chi connectivity index (χ1n) is 10.9. The van der Waals surface area contributed by atoms with Gasteiger partial charge in [0, 0.05) is 5.56 Å². The summed E-state index contributed by atoms with van der Waals surface area (Å²) in [6.45, 7) is 5.78. The summed E-state index contributed by atoms with van der Waals surface area (Å²) in [6.07, 6.45) is 1.65. The van der Waals surface area contributed by atoms with Crippen LogP contribution in [0, 0.1) is 17.5 Å². The third-order valence-electron chi connectivity index (χ3n) is 5.39. The van der Waals surface area contributed by atoms with Gasteiger partial charge in [-0.2, -0.15) is 4.39 Å². The molecule has 0 aliphatic carbocycles. The molecule has 4 aromatic rings. The van der Waals surface area contributed by atoms with E-state index in [0.717, 1.165) is 5.56 Å². The highest BCUT2D eigenvalue weighted by Gasteiger charge is 2.19. The number of halogens is 3. The largest absolute Gasteiger partial charge is 0.491 e. The topological polar surface area (TPSA) is 35.5 Å². The first-order valence-corrected chi connectivity index (χ1v) is 10.9. The Balaban J connectivity index is 1.51. The summed E-state index contributed by atoms with van der Waals surface area (Å²) in [4.78, 5) is 12.5. The van der Waals surface area contributed by atoms with Gasteiger partial charge in [-0.3, -0.25) is 0 Å². The highest BCUT2D eigenvalue weighted by Crippen LogP contribution is 2.31. The number of carbonyl (C=O) groups excluding carboxylic acids is 1. The van der Waals surface area contributed by atoms with Crippen LogP contribution in [0.5, 0.6) is 11.5 Å². The number of benzene rings is 4. The Hall–Kier alpha value is -4.32. The highest BCUT2D eigenvalue weighted by molar-refractivity contribution is 5.91. The maximum absolute atomic E-state index is 14.7. The predicted octanol–water partition coefficient (Wildman–Crippen LogP) is 7.70. The number of rotatable bonds is 7. The average molecular weight is 474 g/mol. The van der Waals surface area contributed by atoms with Crippen molar-refractivity contribution >= 4 is 12.0 Å². The van der Waals surface area contributed by atoms with E-state index >= 15 is 0 Å². The molecule has 6 heteroatoms. The van der Waals surface area contributed by atoms with Crippen molar-refractivity contribution in [2.75, 3.05) is 6.61 Å². The van der Waals surface area contributed by atoms with Gasteiger partial charge in [0.25, 0.3) is 0 Å². The molecule has 4 rings (SSSR count). The molecule has 0 fully saturated rings. The zero-order valence-corrected chi connectivity index (χ0v) is 18.9. The van der Waals surface area contributed by atoms with Crippen LogP contribution >= 0.6 is 0 Å². The quantitative estimate of drug-likeness (QED) is 0.203. The van der Waals surface area contributed by atoms with Crippen molar-refractivity contribution in [1.29, 1.82) is 0 Å². The smallest absolute Gasteiger partial charge is 0.343 e. The van der Waals surface area contributed by atoms with Gasteiger partial charge in [0.15, 0.2) is 23.1 Å². The minimum absolute atomic E-state index is 0.0462. The van der Waals surface area contributed by atoms with E-state index in [9.17, 15) is 18.0 Å². The molecule has 0 saturated heterocycles. The van der Waals surface area contributed by atoms with Gasteiger partial charge in [-0.05, 0) is 65.6 Å². The van der Waals surface area contributed by atoms with Crippen molar-refractivity contribution in [2.45, 2.75) is 6.92 Å². The Labute approximate surface area is 201 Å². The third-order valence-corrected chi connectivity index (χ3v) is 5.39. The lowest BCUT2D eigenvalue weighted by Gasteiger charge is -2.10. The number of ether oxygens (including phenoxy) is 2. The number of hydrogen-bond donors (Lipinski definition) is 0. The lowest BCUT2D eigenvalue weighted by atomic mass is 10.0. The Morgan fingerprint density at radius 1 is 0.800 bits per heavy atom. The molecular formula is C29H21F3O3. The molecule has 0 atom stereocenters. The Morgan fingerprint density at radius 2 is 1.43 bits per heavy atom. The second kappa shape index (κ2) is 10.3. The molecule has 4 aromatic carbocycles. The van der Waals surface area contributed by atoms with Gasteiger partial charge < -0.3 is 9.47 Å². The fourth-order valence-electron chi connectivity index (χ4n) is 3.54.